The molecule has 0 fully saturated rings. The number of hydrogen-bond donors (Lipinski definition) is 1. The summed E-state index contributed by atoms with van der Waals surface area (Å²) in [5.74, 6) is -0.947. The molecule has 0 aliphatic heterocycles. The highest BCUT2D eigenvalue weighted by atomic mass is 19.1. The molecule has 0 aliphatic carbocycles. The molecular formula is C15H23F2N. The predicted molar refractivity (Wildman–Crippen MR) is 71.7 cm³/mol. The Hall–Kier alpha value is -0.960. The molecule has 0 aliphatic rings. The van der Waals surface area contributed by atoms with Crippen LogP contribution in [0.3, 0.4) is 0 Å². The van der Waals surface area contributed by atoms with Gasteiger partial charge in [-0.05, 0) is 37.4 Å². The minimum Gasteiger partial charge on any atom is -0.314 e. The van der Waals surface area contributed by atoms with E-state index in [1.165, 1.54) is 6.07 Å². The first kappa shape index (κ1) is 15.1. The third-order valence-electron chi connectivity index (χ3n) is 3.07. The van der Waals surface area contributed by atoms with E-state index in [4.69, 9.17) is 0 Å². The van der Waals surface area contributed by atoms with Crippen LogP contribution in [0.4, 0.5) is 8.78 Å². The Labute approximate surface area is 109 Å². The second-order valence-corrected chi connectivity index (χ2v) is 4.73. The summed E-state index contributed by atoms with van der Waals surface area (Å²) >= 11 is 0. The number of halogens is 2. The average Bonchev–Trinajstić information content (AvgIpc) is 2.35. The lowest BCUT2D eigenvalue weighted by molar-refractivity contribution is 0.453. The van der Waals surface area contributed by atoms with Crippen LogP contribution in [0.15, 0.2) is 18.2 Å². The van der Waals surface area contributed by atoms with Crippen LogP contribution in [-0.2, 0) is 6.42 Å². The summed E-state index contributed by atoms with van der Waals surface area (Å²) in [5.41, 5.74) is 0.598. The summed E-state index contributed by atoms with van der Waals surface area (Å²) in [7, 11) is 0. The third kappa shape index (κ3) is 5.13. The minimum absolute atomic E-state index is 0.282. The van der Waals surface area contributed by atoms with Gasteiger partial charge >= 0.3 is 0 Å². The van der Waals surface area contributed by atoms with E-state index in [0.29, 0.717) is 12.0 Å². The van der Waals surface area contributed by atoms with Crippen molar-refractivity contribution in [3.63, 3.8) is 0 Å². The molecule has 1 unspecified atom stereocenters. The van der Waals surface area contributed by atoms with Crippen LogP contribution >= 0.6 is 0 Å². The summed E-state index contributed by atoms with van der Waals surface area (Å²) < 4.78 is 26.4. The van der Waals surface area contributed by atoms with Crippen LogP contribution in [0.25, 0.3) is 0 Å². The molecule has 0 heterocycles. The lowest BCUT2D eigenvalue weighted by Gasteiger charge is -2.18. The normalized spacial score (nSPS) is 12.7. The topological polar surface area (TPSA) is 12.0 Å². The SMILES string of the molecule is CCCCC(Cc1ccc(F)cc1F)NCCC. The Kier molecular flexibility index (Phi) is 6.88. The maximum Gasteiger partial charge on any atom is 0.129 e. The summed E-state index contributed by atoms with van der Waals surface area (Å²) in [6, 6.07) is 4.13. The van der Waals surface area contributed by atoms with Gasteiger partial charge in [-0.15, -0.1) is 0 Å². The van der Waals surface area contributed by atoms with Crippen LogP contribution in [-0.4, -0.2) is 12.6 Å². The Morgan fingerprint density at radius 1 is 1.17 bits per heavy atom. The van der Waals surface area contributed by atoms with Crippen LogP contribution in [0.1, 0.15) is 45.1 Å². The molecule has 102 valence electrons. The van der Waals surface area contributed by atoms with Crippen molar-refractivity contribution in [3.8, 4) is 0 Å². The van der Waals surface area contributed by atoms with E-state index < -0.39 is 11.6 Å². The van der Waals surface area contributed by atoms with Gasteiger partial charge in [0.05, 0.1) is 0 Å². The summed E-state index contributed by atoms with van der Waals surface area (Å²) in [5, 5.41) is 3.43. The fraction of sp³-hybridized carbons (Fsp3) is 0.600. The quantitative estimate of drug-likeness (QED) is 0.738. The number of rotatable bonds is 8. The highest BCUT2D eigenvalue weighted by molar-refractivity contribution is 5.19. The Bertz CT molecular complexity index is 344. The van der Waals surface area contributed by atoms with Crippen molar-refractivity contribution in [3.05, 3.63) is 35.4 Å². The van der Waals surface area contributed by atoms with Crippen molar-refractivity contribution in [1.29, 1.82) is 0 Å². The van der Waals surface area contributed by atoms with E-state index in [-0.39, 0.29) is 6.04 Å². The van der Waals surface area contributed by atoms with Crippen molar-refractivity contribution < 1.29 is 8.78 Å². The van der Waals surface area contributed by atoms with Crippen molar-refractivity contribution >= 4 is 0 Å². The van der Waals surface area contributed by atoms with Crippen molar-refractivity contribution in [2.24, 2.45) is 0 Å². The zero-order valence-electron chi connectivity index (χ0n) is 11.3. The molecular weight excluding hydrogens is 232 g/mol. The molecule has 3 heteroatoms. The van der Waals surface area contributed by atoms with Gasteiger partial charge in [0, 0.05) is 12.1 Å². The van der Waals surface area contributed by atoms with Gasteiger partial charge in [-0.25, -0.2) is 8.78 Å². The fourth-order valence-electron chi connectivity index (χ4n) is 2.03. The lowest BCUT2D eigenvalue weighted by Crippen LogP contribution is -2.32. The molecule has 1 rings (SSSR count). The summed E-state index contributed by atoms with van der Waals surface area (Å²) in [6.07, 6.45) is 4.99. The van der Waals surface area contributed by atoms with Gasteiger partial charge in [0.1, 0.15) is 11.6 Å². The number of benzene rings is 1. The average molecular weight is 255 g/mol. The van der Waals surface area contributed by atoms with E-state index in [9.17, 15) is 8.78 Å². The first-order valence-electron chi connectivity index (χ1n) is 6.84. The number of hydrogen-bond acceptors (Lipinski definition) is 1. The van der Waals surface area contributed by atoms with E-state index in [2.05, 4.69) is 19.2 Å². The molecule has 0 amide bonds. The second-order valence-electron chi connectivity index (χ2n) is 4.73. The smallest absolute Gasteiger partial charge is 0.129 e. The highest BCUT2D eigenvalue weighted by Crippen LogP contribution is 2.14. The standard InChI is InChI=1S/C15H23F2N/c1-3-5-6-14(18-9-4-2)10-12-7-8-13(16)11-15(12)17/h7-8,11,14,18H,3-6,9-10H2,1-2H3. The zero-order chi connectivity index (χ0) is 13.4. The van der Waals surface area contributed by atoms with Gasteiger partial charge in [-0.1, -0.05) is 32.8 Å². The van der Waals surface area contributed by atoms with Gasteiger partial charge in [0.15, 0.2) is 0 Å². The van der Waals surface area contributed by atoms with Gasteiger partial charge in [-0.3, -0.25) is 0 Å². The maximum atomic E-state index is 13.6. The first-order chi connectivity index (χ1) is 8.67. The zero-order valence-corrected chi connectivity index (χ0v) is 11.3. The molecule has 1 N–H and O–H groups in total. The summed E-state index contributed by atoms with van der Waals surface area (Å²) in [4.78, 5) is 0. The van der Waals surface area contributed by atoms with Crippen LogP contribution in [0, 0.1) is 11.6 Å². The molecule has 0 aromatic heterocycles. The molecule has 0 radical (unpaired) electrons. The molecule has 18 heavy (non-hydrogen) atoms. The Morgan fingerprint density at radius 3 is 2.56 bits per heavy atom. The summed E-state index contributed by atoms with van der Waals surface area (Å²) in [6.45, 7) is 5.20. The van der Waals surface area contributed by atoms with E-state index in [0.717, 1.165) is 38.3 Å². The van der Waals surface area contributed by atoms with Gasteiger partial charge in [0.25, 0.3) is 0 Å². The minimum atomic E-state index is -0.511. The molecule has 0 spiro atoms. The molecule has 0 bridgehead atoms. The molecule has 1 aromatic carbocycles. The van der Waals surface area contributed by atoms with Crippen molar-refractivity contribution in [2.45, 2.75) is 52.0 Å². The molecule has 1 aromatic rings. The van der Waals surface area contributed by atoms with Crippen molar-refractivity contribution in [2.75, 3.05) is 6.54 Å². The van der Waals surface area contributed by atoms with Gasteiger partial charge < -0.3 is 5.32 Å². The predicted octanol–water partition coefficient (Wildman–Crippen LogP) is 4.07. The molecule has 1 nitrogen and oxygen atoms in total. The maximum absolute atomic E-state index is 13.6. The molecule has 1 atom stereocenters. The second kappa shape index (κ2) is 8.20. The largest absolute Gasteiger partial charge is 0.314 e. The van der Waals surface area contributed by atoms with E-state index in [1.54, 1.807) is 6.07 Å². The van der Waals surface area contributed by atoms with Crippen LogP contribution < -0.4 is 5.32 Å². The number of unbranched alkanes of at least 4 members (excludes halogenated alkanes) is 1. The lowest BCUT2D eigenvalue weighted by atomic mass is 10.0. The Balaban J connectivity index is 2.62. The monoisotopic (exact) mass is 255 g/mol. The van der Waals surface area contributed by atoms with Gasteiger partial charge in [0.2, 0.25) is 0 Å². The molecule has 0 saturated heterocycles. The first-order valence-corrected chi connectivity index (χ1v) is 6.84. The van der Waals surface area contributed by atoms with Gasteiger partial charge in [-0.2, -0.15) is 0 Å². The number of nitrogens with one attached hydrogen (secondary N) is 1. The fourth-order valence-corrected chi connectivity index (χ4v) is 2.03. The molecule has 0 saturated carbocycles. The van der Waals surface area contributed by atoms with Crippen molar-refractivity contribution in [1.82, 2.24) is 5.32 Å². The highest BCUT2D eigenvalue weighted by Gasteiger charge is 2.11. The Morgan fingerprint density at radius 2 is 1.94 bits per heavy atom. The van der Waals surface area contributed by atoms with E-state index in [1.807, 2.05) is 0 Å². The third-order valence-corrected chi connectivity index (χ3v) is 3.07. The van der Waals surface area contributed by atoms with Crippen LogP contribution in [0.5, 0.6) is 0 Å². The van der Waals surface area contributed by atoms with Crippen LogP contribution in [0.2, 0.25) is 0 Å². The van der Waals surface area contributed by atoms with E-state index >= 15 is 0 Å².